The van der Waals surface area contributed by atoms with Crippen LogP contribution in [0.5, 0.6) is 5.75 Å². The van der Waals surface area contributed by atoms with Crippen LogP contribution in [0.15, 0.2) is 18.2 Å². The lowest BCUT2D eigenvalue weighted by Crippen LogP contribution is -2.17. The molecule has 0 amide bonds. The summed E-state index contributed by atoms with van der Waals surface area (Å²) in [5.74, 6) is 0.327. The molecule has 0 saturated carbocycles. The first kappa shape index (κ1) is 16.8. The molecule has 0 saturated heterocycles. The van der Waals surface area contributed by atoms with Gasteiger partial charge in [-0.3, -0.25) is 0 Å². The predicted octanol–water partition coefficient (Wildman–Crippen LogP) is 4.38. The van der Waals surface area contributed by atoms with Gasteiger partial charge in [-0.2, -0.15) is 0 Å². The molecule has 2 heteroatoms. The summed E-state index contributed by atoms with van der Waals surface area (Å²) in [6.07, 6.45) is 1.73. The maximum absolute atomic E-state index is 10.6. The topological polar surface area (TPSA) is 40.5 Å². The summed E-state index contributed by atoms with van der Waals surface area (Å²) in [4.78, 5) is 0. The minimum absolute atomic E-state index is 0.0158. The van der Waals surface area contributed by atoms with Crippen molar-refractivity contribution in [1.29, 1.82) is 0 Å². The van der Waals surface area contributed by atoms with Crippen molar-refractivity contribution in [1.82, 2.24) is 0 Å². The number of allylic oxidation sites excluding steroid dienone is 1. The maximum atomic E-state index is 10.6. The second kappa shape index (κ2) is 5.61. The second-order valence-corrected chi connectivity index (χ2v) is 7.49. The van der Waals surface area contributed by atoms with Gasteiger partial charge >= 0.3 is 0 Å². The highest BCUT2D eigenvalue weighted by Crippen LogP contribution is 2.39. The van der Waals surface area contributed by atoms with Crippen LogP contribution in [0.4, 0.5) is 0 Å². The molecule has 0 aliphatic carbocycles. The Morgan fingerprint density at radius 2 is 1.60 bits per heavy atom. The zero-order valence-corrected chi connectivity index (χ0v) is 13.8. The SMILES string of the molecule is C/C(=C/CO)c1cc(C(C)(C)C)cc(C(C)(C)C)c1O. The average molecular weight is 276 g/mol. The second-order valence-electron chi connectivity index (χ2n) is 7.49. The average Bonchev–Trinajstić information content (AvgIpc) is 2.26. The largest absolute Gasteiger partial charge is 0.507 e. The molecule has 0 fully saturated rings. The van der Waals surface area contributed by atoms with Crippen LogP contribution in [-0.4, -0.2) is 16.8 Å². The van der Waals surface area contributed by atoms with Gasteiger partial charge in [0.1, 0.15) is 5.75 Å². The van der Waals surface area contributed by atoms with Gasteiger partial charge in [0.15, 0.2) is 0 Å². The van der Waals surface area contributed by atoms with Gasteiger partial charge in [-0.15, -0.1) is 0 Å². The van der Waals surface area contributed by atoms with Gasteiger partial charge in [-0.25, -0.2) is 0 Å². The van der Waals surface area contributed by atoms with Crippen molar-refractivity contribution in [3.63, 3.8) is 0 Å². The van der Waals surface area contributed by atoms with Crippen LogP contribution in [0.25, 0.3) is 5.57 Å². The smallest absolute Gasteiger partial charge is 0.126 e. The number of aromatic hydroxyl groups is 1. The minimum Gasteiger partial charge on any atom is -0.507 e. The number of benzene rings is 1. The molecule has 20 heavy (non-hydrogen) atoms. The van der Waals surface area contributed by atoms with E-state index in [0.717, 1.165) is 16.7 Å². The monoisotopic (exact) mass is 276 g/mol. The molecule has 0 heterocycles. The Labute approximate surface area is 123 Å². The third kappa shape index (κ3) is 3.63. The molecule has 112 valence electrons. The van der Waals surface area contributed by atoms with Gasteiger partial charge in [-0.1, -0.05) is 53.7 Å². The van der Waals surface area contributed by atoms with Gasteiger partial charge < -0.3 is 10.2 Å². The first-order valence-corrected chi connectivity index (χ1v) is 7.14. The van der Waals surface area contributed by atoms with Crippen LogP contribution < -0.4 is 0 Å². The fraction of sp³-hybridized carbons (Fsp3) is 0.556. The molecule has 0 aromatic heterocycles. The summed E-state index contributed by atoms with van der Waals surface area (Å²) < 4.78 is 0. The quantitative estimate of drug-likeness (QED) is 0.841. The molecular formula is C18H28O2. The van der Waals surface area contributed by atoms with E-state index in [9.17, 15) is 5.11 Å². The van der Waals surface area contributed by atoms with Crippen molar-refractivity contribution in [3.05, 3.63) is 34.9 Å². The summed E-state index contributed by atoms with van der Waals surface area (Å²) in [5.41, 5.74) is 3.76. The van der Waals surface area contributed by atoms with Crippen LogP contribution in [0.1, 0.15) is 65.2 Å². The Morgan fingerprint density at radius 3 is 2.00 bits per heavy atom. The summed E-state index contributed by atoms with van der Waals surface area (Å²) in [7, 11) is 0. The van der Waals surface area contributed by atoms with Crippen molar-refractivity contribution in [2.24, 2.45) is 0 Å². The molecule has 1 rings (SSSR count). The van der Waals surface area contributed by atoms with Crippen LogP contribution in [0.2, 0.25) is 0 Å². The molecule has 0 radical (unpaired) electrons. The standard InChI is InChI=1S/C18H28O2/c1-12(8-9-19)14-10-13(17(2,3)4)11-15(16(14)20)18(5,6)7/h8,10-11,19-20H,9H2,1-7H3/b12-8-. The molecular weight excluding hydrogens is 248 g/mol. The fourth-order valence-electron chi connectivity index (χ4n) is 2.19. The highest BCUT2D eigenvalue weighted by Gasteiger charge is 2.25. The number of hydrogen-bond acceptors (Lipinski definition) is 2. The van der Waals surface area contributed by atoms with E-state index in [4.69, 9.17) is 5.11 Å². The first-order chi connectivity index (χ1) is 8.98. The van der Waals surface area contributed by atoms with E-state index in [-0.39, 0.29) is 17.4 Å². The van der Waals surface area contributed by atoms with Gasteiger partial charge in [0, 0.05) is 11.1 Å². The predicted molar refractivity (Wildman–Crippen MR) is 86.2 cm³/mol. The molecule has 0 spiro atoms. The number of aliphatic hydroxyl groups is 1. The highest BCUT2D eigenvalue weighted by atomic mass is 16.3. The Bertz CT molecular complexity index is 511. The molecule has 0 aliphatic heterocycles. The fourth-order valence-corrected chi connectivity index (χ4v) is 2.19. The minimum atomic E-state index is -0.125. The third-order valence-electron chi connectivity index (χ3n) is 3.61. The molecule has 1 aromatic carbocycles. The maximum Gasteiger partial charge on any atom is 0.126 e. The van der Waals surface area contributed by atoms with Gasteiger partial charge in [0.25, 0.3) is 0 Å². The van der Waals surface area contributed by atoms with E-state index in [0.29, 0.717) is 5.75 Å². The lowest BCUT2D eigenvalue weighted by molar-refractivity contribution is 0.343. The van der Waals surface area contributed by atoms with E-state index in [1.807, 2.05) is 13.0 Å². The molecule has 1 aromatic rings. The van der Waals surface area contributed by atoms with E-state index in [2.05, 4.69) is 47.6 Å². The van der Waals surface area contributed by atoms with Gasteiger partial charge in [-0.05, 0) is 35.0 Å². The lowest BCUT2D eigenvalue weighted by Gasteiger charge is -2.27. The Kier molecular flexibility index (Phi) is 4.70. The Hall–Kier alpha value is -1.28. The highest BCUT2D eigenvalue weighted by molar-refractivity contribution is 5.72. The number of hydrogen-bond donors (Lipinski definition) is 2. The molecule has 2 nitrogen and oxygen atoms in total. The third-order valence-corrected chi connectivity index (χ3v) is 3.61. The Balaban J connectivity index is 3.64. The van der Waals surface area contributed by atoms with Crippen LogP contribution in [0.3, 0.4) is 0 Å². The normalized spacial score (nSPS) is 13.7. The van der Waals surface area contributed by atoms with E-state index < -0.39 is 0 Å². The lowest BCUT2D eigenvalue weighted by atomic mass is 9.78. The summed E-state index contributed by atoms with van der Waals surface area (Å²) in [5, 5.41) is 19.7. The van der Waals surface area contributed by atoms with Crippen molar-refractivity contribution in [3.8, 4) is 5.75 Å². The molecule has 0 aliphatic rings. The van der Waals surface area contributed by atoms with E-state index in [1.54, 1.807) is 6.08 Å². The summed E-state index contributed by atoms with van der Waals surface area (Å²) in [6.45, 7) is 14.7. The number of aliphatic hydroxyl groups excluding tert-OH is 1. The summed E-state index contributed by atoms with van der Waals surface area (Å²) in [6, 6.07) is 4.14. The molecule has 0 atom stereocenters. The Morgan fingerprint density at radius 1 is 1.05 bits per heavy atom. The van der Waals surface area contributed by atoms with Crippen molar-refractivity contribution < 1.29 is 10.2 Å². The van der Waals surface area contributed by atoms with Crippen molar-refractivity contribution >= 4 is 5.57 Å². The summed E-state index contributed by atoms with van der Waals surface area (Å²) >= 11 is 0. The number of phenolic OH excluding ortho intramolecular Hbond substituents is 1. The molecule has 2 N–H and O–H groups in total. The molecule has 0 unspecified atom stereocenters. The van der Waals surface area contributed by atoms with Gasteiger partial charge in [0.2, 0.25) is 0 Å². The zero-order chi connectivity index (χ0) is 15.7. The van der Waals surface area contributed by atoms with Crippen LogP contribution >= 0.6 is 0 Å². The van der Waals surface area contributed by atoms with E-state index >= 15 is 0 Å². The molecule has 0 bridgehead atoms. The number of rotatable bonds is 2. The van der Waals surface area contributed by atoms with Crippen molar-refractivity contribution in [2.45, 2.75) is 59.3 Å². The van der Waals surface area contributed by atoms with Crippen molar-refractivity contribution in [2.75, 3.05) is 6.61 Å². The first-order valence-electron chi connectivity index (χ1n) is 7.14. The van der Waals surface area contributed by atoms with E-state index in [1.165, 1.54) is 5.56 Å². The van der Waals surface area contributed by atoms with Crippen LogP contribution in [-0.2, 0) is 10.8 Å². The van der Waals surface area contributed by atoms with Gasteiger partial charge in [0.05, 0.1) is 6.61 Å². The van der Waals surface area contributed by atoms with Crippen LogP contribution in [0, 0.1) is 0 Å². The number of phenols is 1. The zero-order valence-electron chi connectivity index (χ0n) is 13.8.